The van der Waals surface area contributed by atoms with Gasteiger partial charge in [-0.05, 0) is 47.2 Å². The highest BCUT2D eigenvalue weighted by Crippen LogP contribution is 2.46. The minimum Gasteiger partial charge on any atom is -0.387 e. The minimum atomic E-state index is -1.48. The summed E-state index contributed by atoms with van der Waals surface area (Å²) in [7, 11) is 3.00. The highest BCUT2D eigenvalue weighted by atomic mass is 16.8. The van der Waals surface area contributed by atoms with Crippen LogP contribution in [0.25, 0.3) is 10.4 Å². The summed E-state index contributed by atoms with van der Waals surface area (Å²) in [5.41, 5.74) is 14.8. The van der Waals surface area contributed by atoms with Gasteiger partial charge < -0.3 is 57.2 Å². The Morgan fingerprint density at radius 3 is 1.34 bits per heavy atom. The maximum Gasteiger partial charge on any atom is 0.220 e. The van der Waals surface area contributed by atoms with E-state index in [0.717, 1.165) is 27.8 Å². The van der Waals surface area contributed by atoms with E-state index >= 15 is 0 Å². The van der Waals surface area contributed by atoms with Gasteiger partial charge in [0.15, 0.2) is 6.29 Å². The van der Waals surface area contributed by atoms with Crippen molar-refractivity contribution in [1.29, 1.82) is 0 Å². The van der Waals surface area contributed by atoms with Gasteiger partial charge in [-0.15, -0.1) is 0 Å². The molecule has 2 unspecified atom stereocenters. The first-order valence-electron chi connectivity index (χ1n) is 23.0. The molecule has 5 aromatic carbocycles. The van der Waals surface area contributed by atoms with Gasteiger partial charge in [0.25, 0.3) is 0 Å². The van der Waals surface area contributed by atoms with Crippen molar-refractivity contribution in [2.24, 2.45) is 5.11 Å². The molecule has 1 saturated carbocycles. The number of aliphatic hydroxyl groups is 1. The first-order chi connectivity index (χ1) is 33.2. The van der Waals surface area contributed by atoms with E-state index in [1.54, 1.807) is 13.8 Å². The van der Waals surface area contributed by atoms with Gasteiger partial charge in [0.05, 0.1) is 39.6 Å². The lowest BCUT2D eigenvalue weighted by Gasteiger charge is -2.58. The quantitative estimate of drug-likeness (QED) is 0.0426. The third-order valence-corrected chi connectivity index (χ3v) is 12.9. The van der Waals surface area contributed by atoms with Crippen molar-refractivity contribution in [2.45, 2.75) is 126 Å². The van der Waals surface area contributed by atoms with Crippen LogP contribution < -0.4 is 0 Å². The molecule has 0 radical (unpaired) electrons. The molecule has 1 N–H and O–H groups in total. The van der Waals surface area contributed by atoms with Crippen LogP contribution >= 0.6 is 0 Å². The Bertz CT molecular complexity index is 2320. The molecular formula is C53H61N3O12. The standard InChI is InChI=1S/C53H61N3O12/c1-52(58-3)53(2,59-4)68-50-48(64-34-40-28-18-9-19-29-40)47(43(57)46(49(50)67-52)63-33-39-26-16-8-17-27-39)66-51-42(55-56-54)45(62-32-38-24-14-7-15-25-38)44(61-31-37-22-12-6-13-23-37)41(65-51)35-60-30-36-20-10-5-11-21-36/h5-29,41-51,57H,30-35H2,1-4H3/t41-,42-,43-,44-,45-,46+,47-,48+,49-,50-,51+,52?,53?/m1/s1. The van der Waals surface area contributed by atoms with Crippen molar-refractivity contribution in [3.63, 3.8) is 0 Å². The molecule has 0 amide bonds. The molecule has 8 rings (SSSR count). The van der Waals surface area contributed by atoms with E-state index in [4.69, 9.17) is 52.1 Å². The molecule has 13 atom stereocenters. The number of fused-ring (bicyclic) bond motifs is 1. The Kier molecular flexibility index (Phi) is 17.1. The molecule has 0 spiro atoms. The van der Waals surface area contributed by atoms with Crippen LogP contribution in [0.4, 0.5) is 0 Å². The van der Waals surface area contributed by atoms with Gasteiger partial charge >= 0.3 is 0 Å². The van der Waals surface area contributed by atoms with Crippen LogP contribution in [0.3, 0.4) is 0 Å². The number of aliphatic hydroxyl groups excluding tert-OH is 1. The van der Waals surface area contributed by atoms with E-state index in [0.29, 0.717) is 0 Å². The highest BCUT2D eigenvalue weighted by Gasteiger charge is 2.65. The second-order valence-corrected chi connectivity index (χ2v) is 17.3. The molecule has 2 aliphatic heterocycles. The van der Waals surface area contributed by atoms with Crippen molar-refractivity contribution in [1.82, 2.24) is 0 Å². The predicted octanol–water partition coefficient (Wildman–Crippen LogP) is 8.22. The number of nitrogens with zero attached hydrogens (tertiary/aromatic N) is 3. The van der Waals surface area contributed by atoms with Crippen molar-refractivity contribution >= 4 is 0 Å². The molecule has 0 bridgehead atoms. The molecule has 15 nitrogen and oxygen atoms in total. The molecule has 360 valence electrons. The monoisotopic (exact) mass is 931 g/mol. The molecule has 68 heavy (non-hydrogen) atoms. The van der Waals surface area contributed by atoms with Crippen LogP contribution in [-0.2, 0) is 85.1 Å². The Balaban J connectivity index is 1.18. The van der Waals surface area contributed by atoms with Crippen LogP contribution in [0.5, 0.6) is 0 Å². The second-order valence-electron chi connectivity index (χ2n) is 17.3. The molecule has 3 fully saturated rings. The number of ether oxygens (including phenoxy) is 11. The summed E-state index contributed by atoms with van der Waals surface area (Å²) >= 11 is 0. The van der Waals surface area contributed by atoms with E-state index in [1.165, 1.54) is 14.2 Å². The summed E-state index contributed by atoms with van der Waals surface area (Å²) in [6.07, 6.45) is -10.8. The SMILES string of the molecule is COC1(C)O[C@@H]2[C@@H](OCc3ccccc3)[C@H](O[C@@H]3O[C@H](COCc4ccccc4)[C@@H](OCc4ccccc4)[C@H](OCc4ccccc4)[C@H]3N=[N+]=[N-])[C@H](O)[C@H](OCc3ccccc3)[C@H]2OC1(C)OC. The van der Waals surface area contributed by atoms with Crippen LogP contribution in [-0.4, -0.2) is 105 Å². The fourth-order valence-electron chi connectivity index (χ4n) is 8.95. The van der Waals surface area contributed by atoms with Crippen molar-refractivity contribution in [3.8, 4) is 0 Å². The Hall–Kier alpha value is -5.07. The zero-order valence-electron chi connectivity index (χ0n) is 38.8. The van der Waals surface area contributed by atoms with Gasteiger partial charge in [0.1, 0.15) is 61.0 Å². The lowest BCUT2D eigenvalue weighted by atomic mass is 9.82. The Labute approximate surface area is 397 Å². The van der Waals surface area contributed by atoms with Crippen LogP contribution in [0.2, 0.25) is 0 Å². The van der Waals surface area contributed by atoms with Gasteiger partial charge in [-0.3, -0.25) is 0 Å². The number of benzene rings is 5. The number of methoxy groups -OCH3 is 2. The number of hydrogen-bond donors (Lipinski definition) is 1. The summed E-state index contributed by atoms with van der Waals surface area (Å²) in [5.74, 6) is -2.94. The van der Waals surface area contributed by atoms with Gasteiger partial charge in [0.2, 0.25) is 11.6 Å². The molecule has 5 aromatic rings. The summed E-state index contributed by atoms with van der Waals surface area (Å²) in [4.78, 5) is 3.31. The fourth-order valence-corrected chi connectivity index (χ4v) is 8.95. The van der Waals surface area contributed by atoms with E-state index in [1.807, 2.05) is 152 Å². The van der Waals surface area contributed by atoms with Crippen LogP contribution in [0.15, 0.2) is 157 Å². The first kappa shape index (κ1) is 49.4. The van der Waals surface area contributed by atoms with Crippen molar-refractivity contribution in [2.75, 3.05) is 20.8 Å². The highest BCUT2D eigenvalue weighted by molar-refractivity contribution is 5.18. The molecule has 2 saturated heterocycles. The first-order valence-corrected chi connectivity index (χ1v) is 23.0. The summed E-state index contributed by atoms with van der Waals surface area (Å²) in [5, 5.41) is 17.1. The van der Waals surface area contributed by atoms with Crippen LogP contribution in [0.1, 0.15) is 41.7 Å². The average Bonchev–Trinajstić information content (AvgIpc) is 3.38. The molecular weight excluding hydrogens is 871 g/mol. The fraction of sp³-hybridized carbons (Fsp3) is 0.434. The van der Waals surface area contributed by atoms with Crippen molar-refractivity contribution < 1.29 is 57.2 Å². The maximum atomic E-state index is 12.8. The zero-order valence-corrected chi connectivity index (χ0v) is 38.8. The number of azide groups is 1. The van der Waals surface area contributed by atoms with E-state index in [2.05, 4.69) is 10.0 Å². The number of rotatable bonds is 21. The largest absolute Gasteiger partial charge is 0.387 e. The van der Waals surface area contributed by atoms with Crippen molar-refractivity contribution in [3.05, 3.63) is 190 Å². The molecule has 3 aliphatic rings. The van der Waals surface area contributed by atoms with Gasteiger partial charge in [-0.1, -0.05) is 157 Å². The Morgan fingerprint density at radius 1 is 0.529 bits per heavy atom. The lowest BCUT2D eigenvalue weighted by molar-refractivity contribution is -0.475. The Morgan fingerprint density at radius 2 is 0.912 bits per heavy atom. The minimum absolute atomic E-state index is 0.0375. The molecule has 2 heterocycles. The average molecular weight is 932 g/mol. The van der Waals surface area contributed by atoms with E-state index in [9.17, 15) is 10.6 Å². The maximum absolute atomic E-state index is 12.8. The topological polar surface area (TPSA) is 171 Å². The lowest BCUT2D eigenvalue weighted by Crippen LogP contribution is -2.76. The van der Waals surface area contributed by atoms with Gasteiger partial charge in [-0.25, -0.2) is 0 Å². The number of hydrogen-bond acceptors (Lipinski definition) is 13. The second kappa shape index (κ2) is 23.5. The summed E-state index contributed by atoms with van der Waals surface area (Å²) in [6.45, 7) is 4.30. The third kappa shape index (κ3) is 11.7. The molecule has 1 aliphatic carbocycles. The summed E-state index contributed by atoms with van der Waals surface area (Å²) in [6, 6.07) is 47.2. The van der Waals surface area contributed by atoms with Crippen LogP contribution in [0, 0.1) is 0 Å². The molecule has 0 aromatic heterocycles. The zero-order chi connectivity index (χ0) is 47.4. The van der Waals surface area contributed by atoms with Gasteiger partial charge in [-0.2, -0.15) is 0 Å². The van der Waals surface area contributed by atoms with Gasteiger partial charge in [0, 0.05) is 19.1 Å². The van der Waals surface area contributed by atoms with E-state index in [-0.39, 0.29) is 39.6 Å². The van der Waals surface area contributed by atoms with E-state index < -0.39 is 78.8 Å². The predicted molar refractivity (Wildman–Crippen MR) is 249 cm³/mol. The smallest absolute Gasteiger partial charge is 0.220 e. The third-order valence-electron chi connectivity index (χ3n) is 12.9. The molecule has 15 heteroatoms. The summed E-state index contributed by atoms with van der Waals surface area (Å²) < 4.78 is 73.0. The normalized spacial score (nSPS) is 31.3.